The third-order valence-corrected chi connectivity index (χ3v) is 3.73. The number of hydrogen-bond donors (Lipinski definition) is 1. The number of amidine groups is 1. The number of amides is 1. The molecule has 2 aromatic heterocycles. The minimum Gasteiger partial charge on any atom is -0.486 e. The Morgan fingerprint density at radius 3 is 2.32 bits per heavy atom. The van der Waals surface area contributed by atoms with Crippen LogP contribution in [0.25, 0.3) is 0 Å². The van der Waals surface area contributed by atoms with Gasteiger partial charge in [0.05, 0.1) is 0 Å². The number of nitrogens with zero attached hydrogens (tertiary/aromatic N) is 4. The van der Waals surface area contributed by atoms with Gasteiger partial charge in [0.15, 0.2) is 5.84 Å². The molecule has 8 heteroatoms. The van der Waals surface area contributed by atoms with Crippen molar-refractivity contribution in [3.8, 4) is 5.75 Å². The van der Waals surface area contributed by atoms with Gasteiger partial charge in [0.25, 0.3) is 5.91 Å². The van der Waals surface area contributed by atoms with Crippen molar-refractivity contribution < 1.29 is 9.53 Å². The summed E-state index contributed by atoms with van der Waals surface area (Å²) < 4.78 is 5.67. The van der Waals surface area contributed by atoms with Crippen molar-refractivity contribution in [3.63, 3.8) is 0 Å². The number of pyridine rings is 2. The largest absolute Gasteiger partial charge is 0.486 e. The Hall–Kier alpha value is -3.58. The first-order chi connectivity index (χ1) is 13.7. The molecule has 1 N–H and O–H groups in total. The highest BCUT2D eigenvalue weighted by atomic mass is 35.5. The molecule has 2 heterocycles. The van der Waals surface area contributed by atoms with Crippen molar-refractivity contribution in [1.82, 2.24) is 15.4 Å². The minimum atomic E-state index is -0.370. The third-order valence-electron chi connectivity index (χ3n) is 3.48. The summed E-state index contributed by atoms with van der Waals surface area (Å²) >= 11 is 5.87. The maximum absolute atomic E-state index is 12.2. The number of hydrogen-bond acceptors (Lipinski definition) is 5. The van der Waals surface area contributed by atoms with Gasteiger partial charge in [-0.1, -0.05) is 11.6 Å². The van der Waals surface area contributed by atoms with Crippen LogP contribution in [0.4, 0.5) is 0 Å². The highest BCUT2D eigenvalue weighted by Gasteiger charge is 2.05. The fourth-order valence-electron chi connectivity index (χ4n) is 2.06. The second-order valence-corrected chi connectivity index (χ2v) is 5.92. The van der Waals surface area contributed by atoms with E-state index in [0.29, 0.717) is 16.3 Å². The third kappa shape index (κ3) is 6.00. The van der Waals surface area contributed by atoms with Gasteiger partial charge in [0.2, 0.25) is 0 Å². The van der Waals surface area contributed by atoms with Crippen LogP contribution in [-0.2, 0) is 0 Å². The summed E-state index contributed by atoms with van der Waals surface area (Å²) in [7, 11) is 0. The maximum atomic E-state index is 12.2. The Morgan fingerprint density at radius 1 is 1.00 bits per heavy atom. The van der Waals surface area contributed by atoms with Crippen LogP contribution >= 0.6 is 11.6 Å². The average Bonchev–Trinajstić information content (AvgIpc) is 2.75. The fourth-order valence-corrected chi connectivity index (χ4v) is 2.18. The quantitative estimate of drug-likeness (QED) is 0.395. The van der Waals surface area contributed by atoms with Gasteiger partial charge in [-0.3, -0.25) is 14.8 Å². The zero-order valence-electron chi connectivity index (χ0n) is 14.7. The van der Waals surface area contributed by atoms with Gasteiger partial charge >= 0.3 is 0 Å². The lowest BCUT2D eigenvalue weighted by atomic mass is 10.3. The van der Waals surface area contributed by atoms with E-state index in [-0.39, 0.29) is 18.3 Å². The predicted molar refractivity (Wildman–Crippen MR) is 108 cm³/mol. The summed E-state index contributed by atoms with van der Waals surface area (Å²) in [6.07, 6.45) is 8.00. The van der Waals surface area contributed by atoms with Crippen LogP contribution in [0.2, 0.25) is 5.02 Å². The second-order valence-electron chi connectivity index (χ2n) is 5.49. The maximum Gasteiger partial charge on any atom is 0.271 e. The lowest BCUT2D eigenvalue weighted by molar-refractivity contribution is 0.0954. The molecule has 1 aromatic carbocycles. The van der Waals surface area contributed by atoms with Gasteiger partial charge in [0, 0.05) is 41.6 Å². The molecule has 0 aliphatic carbocycles. The van der Waals surface area contributed by atoms with E-state index < -0.39 is 0 Å². The van der Waals surface area contributed by atoms with Crippen LogP contribution in [0.1, 0.15) is 15.9 Å². The second kappa shape index (κ2) is 9.94. The molecule has 0 spiro atoms. The molecule has 0 unspecified atom stereocenters. The van der Waals surface area contributed by atoms with E-state index in [2.05, 4.69) is 25.5 Å². The Bertz CT molecular complexity index is 961. The van der Waals surface area contributed by atoms with E-state index in [1.165, 1.54) is 12.4 Å². The molecule has 140 valence electrons. The van der Waals surface area contributed by atoms with Crippen LogP contribution in [0.15, 0.2) is 83.4 Å². The molecule has 0 atom stereocenters. The molecular weight excluding hydrogens is 378 g/mol. The first-order valence-corrected chi connectivity index (χ1v) is 8.68. The first kappa shape index (κ1) is 19.2. The molecule has 0 aliphatic heterocycles. The topological polar surface area (TPSA) is 88.8 Å². The minimum absolute atomic E-state index is 0.0554. The number of ether oxygens (including phenoxy) is 1. The van der Waals surface area contributed by atoms with Crippen molar-refractivity contribution >= 4 is 29.6 Å². The summed E-state index contributed by atoms with van der Waals surface area (Å²) in [5.74, 6) is 0.524. The number of aliphatic imine (C=N–C) groups is 1. The Balaban J connectivity index is 1.72. The number of aromatic nitrogens is 2. The standard InChI is InChI=1S/C20H16ClN5O2/c21-17-1-3-18(4-2-17)28-14-19(24-13-15-5-9-22-10-6-15)25-26-20(27)16-7-11-23-12-8-16/h1-13H,14H2,(H,26,27). The van der Waals surface area contributed by atoms with Crippen LogP contribution < -0.4 is 10.2 Å². The number of rotatable bonds is 6. The molecule has 28 heavy (non-hydrogen) atoms. The van der Waals surface area contributed by atoms with E-state index in [0.717, 1.165) is 5.56 Å². The van der Waals surface area contributed by atoms with E-state index in [1.54, 1.807) is 67.1 Å². The first-order valence-electron chi connectivity index (χ1n) is 8.30. The average molecular weight is 394 g/mol. The van der Waals surface area contributed by atoms with E-state index >= 15 is 0 Å². The van der Waals surface area contributed by atoms with Crippen LogP contribution in [0.3, 0.4) is 0 Å². The van der Waals surface area contributed by atoms with Crippen molar-refractivity contribution in [2.45, 2.75) is 0 Å². The molecule has 0 radical (unpaired) electrons. The predicted octanol–water partition coefficient (Wildman–Crippen LogP) is 3.37. The SMILES string of the molecule is O=C(NN=C(COc1ccc(Cl)cc1)N=Cc1ccncc1)c1ccncc1. The number of hydrazone groups is 1. The number of carbonyl (C=O) groups excluding carboxylic acids is 1. The molecule has 0 saturated carbocycles. The van der Waals surface area contributed by atoms with Crippen LogP contribution in [0.5, 0.6) is 5.75 Å². The number of nitrogens with one attached hydrogen (secondary N) is 1. The summed E-state index contributed by atoms with van der Waals surface area (Å²) in [5, 5.41) is 4.69. The molecule has 7 nitrogen and oxygen atoms in total. The van der Waals surface area contributed by atoms with Crippen molar-refractivity contribution in [2.75, 3.05) is 6.61 Å². The highest BCUT2D eigenvalue weighted by Crippen LogP contribution is 2.15. The zero-order valence-corrected chi connectivity index (χ0v) is 15.5. The van der Waals surface area contributed by atoms with Gasteiger partial charge in [0.1, 0.15) is 12.4 Å². The zero-order chi connectivity index (χ0) is 19.6. The Morgan fingerprint density at radius 2 is 1.64 bits per heavy atom. The van der Waals surface area contributed by atoms with Crippen molar-refractivity contribution in [1.29, 1.82) is 0 Å². The van der Waals surface area contributed by atoms with Gasteiger partial charge in [-0.2, -0.15) is 5.10 Å². The molecule has 0 bridgehead atoms. The number of benzene rings is 1. The molecule has 0 fully saturated rings. The lowest BCUT2D eigenvalue weighted by Crippen LogP contribution is -2.21. The molecular formula is C20H16ClN5O2. The van der Waals surface area contributed by atoms with Crippen molar-refractivity contribution in [3.05, 3.63) is 89.5 Å². The summed E-state index contributed by atoms with van der Waals surface area (Å²) in [5.41, 5.74) is 3.76. The Labute approximate surface area is 166 Å². The molecule has 0 aliphatic rings. The molecule has 3 aromatic rings. The smallest absolute Gasteiger partial charge is 0.271 e. The summed E-state index contributed by atoms with van der Waals surface area (Å²) in [6.45, 7) is 0.0554. The monoisotopic (exact) mass is 393 g/mol. The Kier molecular flexibility index (Phi) is 6.81. The molecule has 0 saturated heterocycles. The van der Waals surface area contributed by atoms with Crippen molar-refractivity contribution in [2.24, 2.45) is 10.1 Å². The molecule has 1 amide bonds. The van der Waals surface area contributed by atoms with E-state index in [4.69, 9.17) is 16.3 Å². The van der Waals surface area contributed by atoms with Crippen LogP contribution in [-0.4, -0.2) is 34.5 Å². The van der Waals surface area contributed by atoms with Gasteiger partial charge in [-0.15, -0.1) is 0 Å². The van der Waals surface area contributed by atoms with E-state index in [1.807, 2.05) is 0 Å². The van der Waals surface area contributed by atoms with Gasteiger partial charge in [-0.25, -0.2) is 10.4 Å². The lowest BCUT2D eigenvalue weighted by Gasteiger charge is -2.07. The highest BCUT2D eigenvalue weighted by molar-refractivity contribution is 6.30. The summed E-state index contributed by atoms with van der Waals surface area (Å²) in [4.78, 5) is 24.3. The normalized spacial score (nSPS) is 11.4. The molecule has 3 rings (SSSR count). The van der Waals surface area contributed by atoms with Crippen LogP contribution in [0, 0.1) is 0 Å². The number of halogens is 1. The fraction of sp³-hybridized carbons (Fsp3) is 0.0500. The summed E-state index contributed by atoms with van der Waals surface area (Å²) in [6, 6.07) is 13.7. The van der Waals surface area contributed by atoms with Gasteiger partial charge in [-0.05, 0) is 54.1 Å². The number of carbonyl (C=O) groups is 1. The van der Waals surface area contributed by atoms with Gasteiger partial charge < -0.3 is 4.74 Å². The van der Waals surface area contributed by atoms with E-state index in [9.17, 15) is 4.79 Å².